The molecule has 2 amide bonds. The molecule has 0 heterocycles. The quantitative estimate of drug-likeness (QED) is 0.457. The van der Waals surface area contributed by atoms with E-state index in [1.165, 1.54) is 26.0 Å². The van der Waals surface area contributed by atoms with Crippen LogP contribution in [0.2, 0.25) is 0 Å². The second-order valence-electron chi connectivity index (χ2n) is 7.80. The lowest BCUT2D eigenvalue weighted by atomic mass is 10.0. The number of hydrogen-bond acceptors (Lipinski definition) is 5. The molecule has 34 heavy (non-hydrogen) atoms. The van der Waals surface area contributed by atoms with Crippen LogP contribution in [0, 0.1) is 0 Å². The van der Waals surface area contributed by atoms with Gasteiger partial charge in [0.15, 0.2) is 17.3 Å². The molecule has 7 heteroatoms. The Morgan fingerprint density at radius 3 is 2.03 bits per heavy atom. The van der Waals surface area contributed by atoms with Gasteiger partial charge in [0.05, 0.1) is 26.3 Å². The minimum absolute atomic E-state index is 0.135. The van der Waals surface area contributed by atoms with Crippen molar-refractivity contribution in [3.63, 3.8) is 0 Å². The van der Waals surface area contributed by atoms with E-state index in [2.05, 4.69) is 0 Å². The Morgan fingerprint density at radius 1 is 0.853 bits per heavy atom. The Balaban J connectivity index is 2.11. The number of methoxy groups -OCH3 is 2. The maximum Gasteiger partial charge on any atom is 0.235 e. The number of rotatable bonds is 10. The standard InChI is InChI=1S/C27H28N2O5/c1-18(30)22-16-24(33-2)25(34-3)17-23(22)29(27(32)15-20-7-5-4-6-8-20)21-12-9-19(10-13-21)11-14-26(28)31/h4-10,12-13,16-17H,11,14-15H2,1-3H3,(H2,28,31). The normalized spacial score (nSPS) is 10.4. The average Bonchev–Trinajstić information content (AvgIpc) is 2.83. The Labute approximate surface area is 199 Å². The zero-order valence-corrected chi connectivity index (χ0v) is 19.5. The lowest BCUT2D eigenvalue weighted by Gasteiger charge is -2.26. The van der Waals surface area contributed by atoms with Gasteiger partial charge in [0, 0.05) is 23.7 Å². The van der Waals surface area contributed by atoms with E-state index in [0.29, 0.717) is 34.9 Å². The van der Waals surface area contributed by atoms with Crippen LogP contribution in [0.25, 0.3) is 0 Å². The second kappa shape index (κ2) is 11.1. The third-order valence-electron chi connectivity index (χ3n) is 5.42. The largest absolute Gasteiger partial charge is 0.493 e. The monoisotopic (exact) mass is 460 g/mol. The molecule has 3 aromatic rings. The van der Waals surface area contributed by atoms with E-state index in [0.717, 1.165) is 11.1 Å². The smallest absolute Gasteiger partial charge is 0.235 e. The third kappa shape index (κ3) is 5.81. The number of benzene rings is 3. The number of carbonyl (C=O) groups is 3. The Kier molecular flexibility index (Phi) is 8.03. The number of Topliss-reactive ketones (excluding diaryl/α,β-unsaturated/α-hetero) is 1. The van der Waals surface area contributed by atoms with Crippen LogP contribution in [0.3, 0.4) is 0 Å². The molecule has 7 nitrogen and oxygen atoms in total. The minimum Gasteiger partial charge on any atom is -0.493 e. The van der Waals surface area contributed by atoms with Gasteiger partial charge in [-0.25, -0.2) is 0 Å². The number of anilines is 2. The molecule has 0 bridgehead atoms. The van der Waals surface area contributed by atoms with Crippen molar-refractivity contribution in [2.24, 2.45) is 5.73 Å². The first-order chi connectivity index (χ1) is 16.3. The van der Waals surface area contributed by atoms with Crippen LogP contribution in [0.15, 0.2) is 66.7 Å². The number of carbonyl (C=O) groups excluding carboxylic acids is 3. The number of ether oxygens (including phenoxy) is 2. The van der Waals surface area contributed by atoms with Gasteiger partial charge in [-0.3, -0.25) is 19.3 Å². The molecule has 0 aliphatic heterocycles. The summed E-state index contributed by atoms with van der Waals surface area (Å²) in [6, 6.07) is 19.9. The van der Waals surface area contributed by atoms with Crippen LogP contribution in [0.1, 0.15) is 34.8 Å². The first-order valence-electron chi connectivity index (χ1n) is 10.8. The minimum atomic E-state index is -0.375. The summed E-state index contributed by atoms with van der Waals surface area (Å²) in [7, 11) is 2.99. The van der Waals surface area contributed by atoms with E-state index < -0.39 is 0 Å². The number of amides is 2. The van der Waals surface area contributed by atoms with Crippen molar-refractivity contribution in [2.75, 3.05) is 19.1 Å². The molecule has 0 radical (unpaired) electrons. The first-order valence-corrected chi connectivity index (χ1v) is 10.8. The molecular formula is C27H28N2O5. The van der Waals surface area contributed by atoms with E-state index in [1.54, 1.807) is 24.3 Å². The fourth-order valence-corrected chi connectivity index (χ4v) is 3.68. The molecule has 3 rings (SSSR count). The van der Waals surface area contributed by atoms with Crippen molar-refractivity contribution < 1.29 is 23.9 Å². The fraction of sp³-hybridized carbons (Fsp3) is 0.222. The van der Waals surface area contributed by atoms with Crippen LogP contribution in [-0.4, -0.2) is 31.8 Å². The van der Waals surface area contributed by atoms with Gasteiger partial charge in [-0.2, -0.15) is 0 Å². The molecule has 0 unspecified atom stereocenters. The maximum atomic E-state index is 13.6. The molecule has 2 N–H and O–H groups in total. The van der Waals surface area contributed by atoms with E-state index in [4.69, 9.17) is 15.2 Å². The Hall–Kier alpha value is -4.13. The van der Waals surface area contributed by atoms with Crippen LogP contribution in [0.4, 0.5) is 11.4 Å². The van der Waals surface area contributed by atoms with Gasteiger partial charge >= 0.3 is 0 Å². The van der Waals surface area contributed by atoms with Crippen LogP contribution in [0.5, 0.6) is 11.5 Å². The van der Waals surface area contributed by atoms with Crippen molar-refractivity contribution in [1.82, 2.24) is 0 Å². The molecule has 0 fully saturated rings. The molecular weight excluding hydrogens is 432 g/mol. The highest BCUT2D eigenvalue weighted by atomic mass is 16.5. The van der Waals surface area contributed by atoms with Gasteiger partial charge in [0.25, 0.3) is 0 Å². The van der Waals surface area contributed by atoms with Crippen LogP contribution < -0.4 is 20.1 Å². The molecule has 0 aromatic heterocycles. The van der Waals surface area contributed by atoms with Crippen molar-refractivity contribution in [3.05, 3.63) is 83.4 Å². The first kappa shape index (κ1) is 24.5. The van der Waals surface area contributed by atoms with Gasteiger partial charge in [-0.15, -0.1) is 0 Å². The van der Waals surface area contributed by atoms with Crippen LogP contribution >= 0.6 is 0 Å². The van der Waals surface area contributed by atoms with Gasteiger partial charge in [0.1, 0.15) is 0 Å². The summed E-state index contributed by atoms with van der Waals surface area (Å²) < 4.78 is 10.8. The lowest BCUT2D eigenvalue weighted by Crippen LogP contribution is -2.29. The highest BCUT2D eigenvalue weighted by Gasteiger charge is 2.25. The van der Waals surface area contributed by atoms with E-state index in [-0.39, 0.29) is 30.4 Å². The van der Waals surface area contributed by atoms with E-state index in [1.807, 2.05) is 42.5 Å². The van der Waals surface area contributed by atoms with Gasteiger partial charge in [-0.05, 0) is 42.7 Å². The van der Waals surface area contributed by atoms with Crippen molar-refractivity contribution in [3.8, 4) is 11.5 Å². The molecule has 0 aliphatic carbocycles. The average molecular weight is 461 g/mol. The van der Waals surface area contributed by atoms with Crippen molar-refractivity contribution in [2.45, 2.75) is 26.2 Å². The zero-order valence-electron chi connectivity index (χ0n) is 19.5. The highest BCUT2D eigenvalue weighted by Crippen LogP contribution is 2.39. The second-order valence-corrected chi connectivity index (χ2v) is 7.80. The summed E-state index contributed by atoms with van der Waals surface area (Å²) in [5.41, 5.74) is 8.33. The molecule has 0 spiro atoms. The van der Waals surface area contributed by atoms with E-state index >= 15 is 0 Å². The zero-order chi connectivity index (χ0) is 24.7. The summed E-state index contributed by atoms with van der Waals surface area (Å²) in [6.45, 7) is 1.44. The molecule has 0 aliphatic rings. The van der Waals surface area contributed by atoms with E-state index in [9.17, 15) is 14.4 Å². The lowest BCUT2D eigenvalue weighted by molar-refractivity contribution is -0.118. The number of primary amides is 1. The Bertz CT molecular complexity index is 1170. The topological polar surface area (TPSA) is 98.9 Å². The number of hydrogen-bond donors (Lipinski definition) is 1. The predicted octanol–water partition coefficient (Wildman–Crippen LogP) is 4.23. The number of aryl methyl sites for hydroxylation is 1. The molecule has 0 atom stereocenters. The summed E-state index contributed by atoms with van der Waals surface area (Å²) in [6.07, 6.45) is 0.874. The van der Waals surface area contributed by atoms with Gasteiger partial charge in [0.2, 0.25) is 11.8 Å². The summed E-state index contributed by atoms with van der Waals surface area (Å²) in [5, 5.41) is 0. The summed E-state index contributed by atoms with van der Waals surface area (Å²) in [5.74, 6) is -0.00989. The third-order valence-corrected chi connectivity index (χ3v) is 5.42. The van der Waals surface area contributed by atoms with Crippen molar-refractivity contribution in [1.29, 1.82) is 0 Å². The fourth-order valence-electron chi connectivity index (χ4n) is 3.68. The molecule has 0 saturated carbocycles. The molecule has 0 saturated heterocycles. The van der Waals surface area contributed by atoms with Crippen LogP contribution in [-0.2, 0) is 22.4 Å². The Morgan fingerprint density at radius 2 is 1.47 bits per heavy atom. The summed E-state index contributed by atoms with van der Waals surface area (Å²) >= 11 is 0. The molecule has 3 aromatic carbocycles. The maximum absolute atomic E-state index is 13.6. The van der Waals surface area contributed by atoms with Crippen molar-refractivity contribution >= 4 is 29.0 Å². The number of ketones is 1. The van der Waals surface area contributed by atoms with Gasteiger partial charge < -0.3 is 15.2 Å². The molecule has 176 valence electrons. The number of nitrogens with two attached hydrogens (primary N) is 1. The predicted molar refractivity (Wildman–Crippen MR) is 131 cm³/mol. The highest BCUT2D eigenvalue weighted by molar-refractivity contribution is 6.09. The van der Waals surface area contributed by atoms with Gasteiger partial charge in [-0.1, -0.05) is 42.5 Å². The number of nitrogens with zero attached hydrogens (tertiary/aromatic N) is 1. The summed E-state index contributed by atoms with van der Waals surface area (Å²) in [4.78, 5) is 38.8. The SMILES string of the molecule is COc1cc(C(C)=O)c(N(C(=O)Cc2ccccc2)c2ccc(CCC(N)=O)cc2)cc1OC.